The SMILES string of the molecule is CCOC(=O)CCc1ccc(C#Cc2cc3c(cc2CC)OCCC3(C)C)nc1. The van der Waals surface area contributed by atoms with Crippen LogP contribution in [-0.2, 0) is 27.8 Å². The van der Waals surface area contributed by atoms with E-state index in [9.17, 15) is 4.79 Å². The van der Waals surface area contributed by atoms with Crippen molar-refractivity contribution < 1.29 is 14.3 Å². The molecule has 0 unspecified atom stereocenters. The summed E-state index contributed by atoms with van der Waals surface area (Å²) >= 11 is 0. The van der Waals surface area contributed by atoms with E-state index >= 15 is 0 Å². The Morgan fingerprint density at radius 2 is 2.07 bits per heavy atom. The number of fused-ring (bicyclic) bond motifs is 1. The fraction of sp³-hybridized carbons (Fsp3) is 0.440. The molecule has 0 bridgehead atoms. The number of esters is 1. The van der Waals surface area contributed by atoms with E-state index in [1.54, 1.807) is 6.20 Å². The van der Waals surface area contributed by atoms with E-state index < -0.39 is 0 Å². The van der Waals surface area contributed by atoms with Crippen LogP contribution >= 0.6 is 0 Å². The molecular formula is C25H29NO3. The second-order valence-corrected chi connectivity index (χ2v) is 7.95. The number of benzene rings is 1. The monoisotopic (exact) mass is 391 g/mol. The van der Waals surface area contributed by atoms with Crippen molar-refractivity contribution in [2.75, 3.05) is 13.2 Å². The Hall–Kier alpha value is -2.80. The molecule has 0 amide bonds. The lowest BCUT2D eigenvalue weighted by atomic mass is 9.78. The standard InChI is InChI=1S/C25H29NO3/c1-5-19-16-23-22(25(3,4)13-14-29-23)15-20(19)9-11-21-10-7-18(17-26-21)8-12-24(27)28-6-2/h7,10,15-17H,5-6,8,12-14H2,1-4H3. The number of carbonyl (C=O) groups excluding carboxylic acids is 1. The topological polar surface area (TPSA) is 48.4 Å². The third kappa shape index (κ3) is 5.17. The van der Waals surface area contributed by atoms with Crippen LogP contribution in [0.2, 0.25) is 0 Å². The zero-order valence-electron chi connectivity index (χ0n) is 17.8. The number of aryl methyl sites for hydroxylation is 2. The van der Waals surface area contributed by atoms with Gasteiger partial charge in [-0.1, -0.05) is 32.8 Å². The number of nitrogens with zero attached hydrogens (tertiary/aromatic N) is 1. The first-order valence-corrected chi connectivity index (χ1v) is 10.4. The largest absolute Gasteiger partial charge is 0.493 e. The van der Waals surface area contributed by atoms with Gasteiger partial charge in [0.1, 0.15) is 11.4 Å². The Kier molecular flexibility index (Phi) is 6.59. The Balaban J connectivity index is 1.78. The van der Waals surface area contributed by atoms with Crippen molar-refractivity contribution in [2.24, 2.45) is 0 Å². The van der Waals surface area contributed by atoms with Crippen molar-refractivity contribution in [3.05, 3.63) is 58.4 Å². The van der Waals surface area contributed by atoms with Crippen LogP contribution in [0.15, 0.2) is 30.5 Å². The molecule has 0 saturated heterocycles. The van der Waals surface area contributed by atoms with Gasteiger partial charge >= 0.3 is 5.97 Å². The Bertz CT molecular complexity index is 933. The molecule has 0 atom stereocenters. The highest BCUT2D eigenvalue weighted by atomic mass is 16.5. The molecule has 1 aliphatic heterocycles. The summed E-state index contributed by atoms with van der Waals surface area (Å²) < 4.78 is 10.9. The maximum atomic E-state index is 11.5. The fourth-order valence-electron chi connectivity index (χ4n) is 3.49. The first kappa shape index (κ1) is 20.9. The van der Waals surface area contributed by atoms with Crippen LogP contribution < -0.4 is 4.74 Å². The highest BCUT2D eigenvalue weighted by Crippen LogP contribution is 2.39. The molecule has 0 aliphatic carbocycles. The quantitative estimate of drug-likeness (QED) is 0.552. The van der Waals surface area contributed by atoms with E-state index in [-0.39, 0.29) is 11.4 Å². The van der Waals surface area contributed by atoms with E-state index in [1.165, 1.54) is 11.1 Å². The molecule has 3 rings (SSSR count). The minimum Gasteiger partial charge on any atom is -0.493 e. The van der Waals surface area contributed by atoms with Crippen molar-refractivity contribution in [2.45, 2.75) is 58.8 Å². The number of hydrogen-bond donors (Lipinski definition) is 0. The van der Waals surface area contributed by atoms with Crippen LogP contribution in [0.4, 0.5) is 0 Å². The summed E-state index contributed by atoms with van der Waals surface area (Å²) in [5.74, 6) is 7.32. The number of ether oxygens (including phenoxy) is 2. The zero-order chi connectivity index (χ0) is 20.9. The van der Waals surface area contributed by atoms with E-state index in [2.05, 4.69) is 49.7 Å². The lowest BCUT2D eigenvalue weighted by Gasteiger charge is -2.33. The molecule has 0 fully saturated rings. The van der Waals surface area contributed by atoms with Gasteiger partial charge < -0.3 is 9.47 Å². The smallest absolute Gasteiger partial charge is 0.306 e. The molecule has 152 valence electrons. The van der Waals surface area contributed by atoms with Gasteiger partial charge in [0.05, 0.1) is 13.2 Å². The van der Waals surface area contributed by atoms with Crippen molar-refractivity contribution in [1.82, 2.24) is 4.98 Å². The van der Waals surface area contributed by atoms with E-state index in [0.29, 0.717) is 19.4 Å². The minimum atomic E-state index is -0.178. The van der Waals surface area contributed by atoms with Crippen molar-refractivity contribution >= 4 is 5.97 Å². The average molecular weight is 392 g/mol. The van der Waals surface area contributed by atoms with Gasteiger partial charge in [-0.3, -0.25) is 4.79 Å². The van der Waals surface area contributed by atoms with Crippen LogP contribution in [0.25, 0.3) is 0 Å². The van der Waals surface area contributed by atoms with Crippen LogP contribution in [0, 0.1) is 11.8 Å². The van der Waals surface area contributed by atoms with Crippen molar-refractivity contribution in [1.29, 1.82) is 0 Å². The predicted octanol–water partition coefficient (Wildman–Crippen LogP) is 4.60. The number of rotatable bonds is 5. The van der Waals surface area contributed by atoms with Crippen LogP contribution in [0.3, 0.4) is 0 Å². The Morgan fingerprint density at radius 3 is 2.76 bits per heavy atom. The molecule has 1 aliphatic rings. The summed E-state index contributed by atoms with van der Waals surface area (Å²) in [7, 11) is 0. The molecule has 0 N–H and O–H groups in total. The van der Waals surface area contributed by atoms with Crippen molar-refractivity contribution in [3.63, 3.8) is 0 Å². The molecule has 29 heavy (non-hydrogen) atoms. The summed E-state index contributed by atoms with van der Waals surface area (Å²) in [4.78, 5) is 15.9. The van der Waals surface area contributed by atoms with Gasteiger partial charge in [-0.05, 0) is 66.8 Å². The van der Waals surface area contributed by atoms with Gasteiger partial charge in [-0.25, -0.2) is 4.98 Å². The van der Waals surface area contributed by atoms with E-state index in [1.807, 2.05) is 19.1 Å². The summed E-state index contributed by atoms with van der Waals surface area (Å²) in [6, 6.07) is 8.21. The third-order valence-electron chi connectivity index (χ3n) is 5.37. The molecule has 2 heterocycles. The number of aromatic nitrogens is 1. The zero-order valence-corrected chi connectivity index (χ0v) is 17.8. The Morgan fingerprint density at radius 1 is 1.24 bits per heavy atom. The van der Waals surface area contributed by atoms with Gasteiger partial charge in [-0.15, -0.1) is 0 Å². The lowest BCUT2D eigenvalue weighted by molar-refractivity contribution is -0.143. The molecule has 0 saturated carbocycles. The Labute approximate surface area is 173 Å². The van der Waals surface area contributed by atoms with Crippen LogP contribution in [-0.4, -0.2) is 24.2 Å². The number of carbonyl (C=O) groups is 1. The average Bonchev–Trinajstić information content (AvgIpc) is 2.71. The summed E-state index contributed by atoms with van der Waals surface area (Å²) in [5.41, 5.74) is 5.28. The van der Waals surface area contributed by atoms with Gasteiger partial charge in [-0.2, -0.15) is 0 Å². The summed E-state index contributed by atoms with van der Waals surface area (Å²) in [6.07, 6.45) is 4.69. The second kappa shape index (κ2) is 9.13. The van der Waals surface area contributed by atoms with Gasteiger partial charge in [0.15, 0.2) is 0 Å². The van der Waals surface area contributed by atoms with E-state index in [4.69, 9.17) is 9.47 Å². The number of pyridine rings is 1. The molecule has 0 spiro atoms. The highest BCUT2D eigenvalue weighted by Gasteiger charge is 2.29. The molecule has 4 nitrogen and oxygen atoms in total. The first-order chi connectivity index (χ1) is 13.9. The molecule has 1 aromatic carbocycles. The highest BCUT2D eigenvalue weighted by molar-refractivity contribution is 5.69. The third-order valence-corrected chi connectivity index (χ3v) is 5.37. The molecule has 4 heteroatoms. The van der Waals surface area contributed by atoms with Gasteiger partial charge in [0.25, 0.3) is 0 Å². The second-order valence-electron chi connectivity index (χ2n) is 7.95. The van der Waals surface area contributed by atoms with Gasteiger partial charge in [0.2, 0.25) is 0 Å². The van der Waals surface area contributed by atoms with E-state index in [0.717, 1.165) is 42.0 Å². The fourth-order valence-corrected chi connectivity index (χ4v) is 3.49. The molecule has 2 aromatic rings. The first-order valence-electron chi connectivity index (χ1n) is 10.4. The van der Waals surface area contributed by atoms with Crippen molar-refractivity contribution in [3.8, 4) is 17.6 Å². The molecule has 1 aromatic heterocycles. The number of hydrogen-bond acceptors (Lipinski definition) is 4. The lowest BCUT2D eigenvalue weighted by Crippen LogP contribution is -2.27. The normalized spacial score (nSPS) is 14.2. The minimum absolute atomic E-state index is 0.0924. The summed E-state index contributed by atoms with van der Waals surface area (Å²) in [5, 5.41) is 0. The maximum Gasteiger partial charge on any atom is 0.306 e. The van der Waals surface area contributed by atoms with Crippen LogP contribution in [0.5, 0.6) is 5.75 Å². The summed E-state index contributed by atoms with van der Waals surface area (Å²) in [6.45, 7) is 9.64. The van der Waals surface area contributed by atoms with Crippen LogP contribution in [0.1, 0.15) is 68.5 Å². The molecule has 0 radical (unpaired) electrons. The molecular weight excluding hydrogens is 362 g/mol. The maximum absolute atomic E-state index is 11.5. The predicted molar refractivity (Wildman–Crippen MR) is 114 cm³/mol. The van der Waals surface area contributed by atoms with Gasteiger partial charge in [0, 0.05) is 23.7 Å².